The first-order chi connectivity index (χ1) is 14.0. The zero-order valence-electron chi connectivity index (χ0n) is 15.4. The Morgan fingerprint density at radius 1 is 1.17 bits per heavy atom. The van der Waals surface area contributed by atoms with Crippen LogP contribution in [-0.2, 0) is 9.53 Å². The summed E-state index contributed by atoms with van der Waals surface area (Å²) in [6.45, 7) is 1.49. The molecule has 0 saturated carbocycles. The molecule has 1 N–H and O–H groups in total. The zero-order chi connectivity index (χ0) is 20.8. The van der Waals surface area contributed by atoms with E-state index < -0.39 is 17.3 Å². The van der Waals surface area contributed by atoms with Crippen molar-refractivity contribution >= 4 is 28.5 Å². The fourth-order valence-electron chi connectivity index (χ4n) is 2.54. The Labute approximate surface area is 165 Å². The molecule has 8 nitrogen and oxygen atoms in total. The standard InChI is InChI=1S/C21H16N2O6/c1-2-27-21(26)19-10-17(24)16-7-6-15(9-18(16)29-19)28-12-20(25)23-14-5-3-4-13(8-14)11-22/h3-10H,2,12H2,1H3,(H,23,25). The molecule has 0 radical (unpaired) electrons. The van der Waals surface area contributed by atoms with Crippen molar-refractivity contribution in [2.45, 2.75) is 6.92 Å². The van der Waals surface area contributed by atoms with Crippen molar-refractivity contribution in [2.75, 3.05) is 18.5 Å². The van der Waals surface area contributed by atoms with Gasteiger partial charge >= 0.3 is 5.97 Å². The Kier molecular flexibility index (Phi) is 5.90. The lowest BCUT2D eigenvalue weighted by Gasteiger charge is -2.08. The summed E-state index contributed by atoms with van der Waals surface area (Å²) in [7, 11) is 0. The first-order valence-corrected chi connectivity index (χ1v) is 8.68. The number of rotatable bonds is 6. The van der Waals surface area contributed by atoms with Crippen molar-refractivity contribution in [3.63, 3.8) is 0 Å². The second-order valence-corrected chi connectivity index (χ2v) is 5.88. The molecule has 2 aromatic carbocycles. The number of fused-ring (bicyclic) bond motifs is 1. The third kappa shape index (κ3) is 4.78. The lowest BCUT2D eigenvalue weighted by Crippen LogP contribution is -2.20. The summed E-state index contributed by atoms with van der Waals surface area (Å²) < 4.78 is 15.7. The van der Waals surface area contributed by atoms with Gasteiger partial charge in [0.05, 0.1) is 23.6 Å². The van der Waals surface area contributed by atoms with Crippen LogP contribution in [0.25, 0.3) is 11.0 Å². The van der Waals surface area contributed by atoms with Crippen molar-refractivity contribution in [2.24, 2.45) is 0 Å². The summed E-state index contributed by atoms with van der Waals surface area (Å²) in [4.78, 5) is 36.0. The van der Waals surface area contributed by atoms with Crippen LogP contribution in [-0.4, -0.2) is 25.1 Å². The molecule has 0 unspecified atom stereocenters. The van der Waals surface area contributed by atoms with Crippen LogP contribution in [0.15, 0.2) is 57.7 Å². The molecule has 1 heterocycles. The van der Waals surface area contributed by atoms with Gasteiger partial charge in [0, 0.05) is 17.8 Å². The minimum atomic E-state index is -0.739. The summed E-state index contributed by atoms with van der Waals surface area (Å²) in [5.41, 5.74) is 0.642. The van der Waals surface area contributed by atoms with Crippen molar-refractivity contribution in [3.05, 3.63) is 70.1 Å². The largest absolute Gasteiger partial charge is 0.484 e. The number of ether oxygens (including phenoxy) is 2. The van der Waals surface area contributed by atoms with E-state index in [1.165, 1.54) is 18.2 Å². The number of hydrogen-bond donors (Lipinski definition) is 1. The molecule has 1 amide bonds. The molecule has 0 fully saturated rings. The van der Waals surface area contributed by atoms with Crippen LogP contribution < -0.4 is 15.5 Å². The summed E-state index contributed by atoms with van der Waals surface area (Å²) in [6, 6.07) is 14.0. The van der Waals surface area contributed by atoms with Gasteiger partial charge in [-0.2, -0.15) is 5.26 Å². The number of nitrogens with zero attached hydrogens (tertiary/aromatic N) is 1. The summed E-state index contributed by atoms with van der Waals surface area (Å²) in [6.07, 6.45) is 0. The third-order valence-corrected chi connectivity index (χ3v) is 3.82. The molecule has 0 aliphatic rings. The average Bonchev–Trinajstić information content (AvgIpc) is 2.72. The van der Waals surface area contributed by atoms with Crippen LogP contribution in [0.2, 0.25) is 0 Å². The van der Waals surface area contributed by atoms with Crippen molar-refractivity contribution in [1.82, 2.24) is 0 Å². The third-order valence-electron chi connectivity index (χ3n) is 3.82. The normalized spacial score (nSPS) is 10.2. The maximum atomic E-state index is 12.1. The van der Waals surface area contributed by atoms with E-state index in [0.717, 1.165) is 6.07 Å². The highest BCUT2D eigenvalue weighted by atomic mass is 16.5. The quantitative estimate of drug-likeness (QED) is 0.641. The Morgan fingerprint density at radius 2 is 2.00 bits per heavy atom. The average molecular weight is 392 g/mol. The number of anilines is 1. The van der Waals surface area contributed by atoms with E-state index in [4.69, 9.17) is 19.2 Å². The monoisotopic (exact) mass is 392 g/mol. The van der Waals surface area contributed by atoms with Crippen LogP contribution in [0.3, 0.4) is 0 Å². The second kappa shape index (κ2) is 8.71. The number of carbonyl (C=O) groups excluding carboxylic acids is 2. The van der Waals surface area contributed by atoms with Crippen molar-refractivity contribution < 1.29 is 23.5 Å². The minimum absolute atomic E-state index is 0.139. The fraction of sp³-hybridized carbons (Fsp3) is 0.143. The van der Waals surface area contributed by atoms with E-state index in [1.54, 1.807) is 31.2 Å². The number of hydrogen-bond acceptors (Lipinski definition) is 7. The molecule has 0 aliphatic heterocycles. The van der Waals surface area contributed by atoms with Crippen LogP contribution in [0.5, 0.6) is 5.75 Å². The van der Waals surface area contributed by atoms with Gasteiger partial charge in [-0.25, -0.2) is 4.79 Å². The molecule has 0 spiro atoms. The molecule has 0 saturated heterocycles. The highest BCUT2D eigenvalue weighted by Crippen LogP contribution is 2.20. The van der Waals surface area contributed by atoms with Gasteiger partial charge in [-0.3, -0.25) is 9.59 Å². The van der Waals surface area contributed by atoms with E-state index in [2.05, 4.69) is 5.32 Å². The smallest absolute Gasteiger partial charge is 0.374 e. The molecule has 146 valence electrons. The lowest BCUT2D eigenvalue weighted by atomic mass is 10.2. The van der Waals surface area contributed by atoms with Crippen molar-refractivity contribution in [1.29, 1.82) is 5.26 Å². The summed E-state index contributed by atoms with van der Waals surface area (Å²) in [5.74, 6) is -1.10. The molecule has 29 heavy (non-hydrogen) atoms. The number of esters is 1. The van der Waals surface area contributed by atoms with Gasteiger partial charge in [0.25, 0.3) is 5.91 Å². The van der Waals surface area contributed by atoms with Crippen LogP contribution in [0.4, 0.5) is 5.69 Å². The summed E-state index contributed by atoms with van der Waals surface area (Å²) in [5, 5.41) is 11.8. The van der Waals surface area contributed by atoms with Crippen LogP contribution in [0, 0.1) is 11.3 Å². The molecule has 1 aromatic heterocycles. The Balaban J connectivity index is 1.72. The van der Waals surface area contributed by atoms with Crippen molar-refractivity contribution in [3.8, 4) is 11.8 Å². The van der Waals surface area contributed by atoms with Gasteiger partial charge in [0.1, 0.15) is 11.3 Å². The molecular formula is C21H16N2O6. The van der Waals surface area contributed by atoms with E-state index in [1.807, 2.05) is 6.07 Å². The maximum absolute atomic E-state index is 12.1. The number of benzene rings is 2. The van der Waals surface area contributed by atoms with Crippen LogP contribution in [0.1, 0.15) is 23.0 Å². The number of carbonyl (C=O) groups is 2. The molecule has 8 heteroatoms. The Hall–Kier alpha value is -4.12. The van der Waals surface area contributed by atoms with E-state index in [0.29, 0.717) is 11.3 Å². The minimum Gasteiger partial charge on any atom is -0.484 e. The highest BCUT2D eigenvalue weighted by molar-refractivity contribution is 5.92. The molecule has 0 atom stereocenters. The van der Waals surface area contributed by atoms with Gasteiger partial charge in [0.15, 0.2) is 12.0 Å². The summed E-state index contributed by atoms with van der Waals surface area (Å²) >= 11 is 0. The second-order valence-electron chi connectivity index (χ2n) is 5.88. The van der Waals surface area contributed by atoms with Gasteiger partial charge < -0.3 is 19.2 Å². The first kappa shape index (κ1) is 19.6. The highest BCUT2D eigenvalue weighted by Gasteiger charge is 2.14. The van der Waals surface area contributed by atoms with E-state index in [9.17, 15) is 14.4 Å². The van der Waals surface area contributed by atoms with Gasteiger partial charge in [-0.1, -0.05) is 6.07 Å². The predicted molar refractivity (Wildman–Crippen MR) is 104 cm³/mol. The number of nitrogens with one attached hydrogen (secondary N) is 1. The number of nitriles is 1. The SMILES string of the molecule is CCOC(=O)c1cc(=O)c2ccc(OCC(=O)Nc3cccc(C#N)c3)cc2o1. The van der Waals surface area contributed by atoms with Gasteiger partial charge in [-0.15, -0.1) is 0 Å². The number of amides is 1. The molecular weight excluding hydrogens is 376 g/mol. The van der Waals surface area contributed by atoms with Gasteiger partial charge in [-0.05, 0) is 37.3 Å². The molecule has 0 aliphatic carbocycles. The van der Waals surface area contributed by atoms with E-state index in [-0.39, 0.29) is 35.7 Å². The van der Waals surface area contributed by atoms with E-state index >= 15 is 0 Å². The predicted octanol–water partition coefficient (Wildman–Crippen LogP) is 2.86. The fourth-order valence-corrected chi connectivity index (χ4v) is 2.54. The Morgan fingerprint density at radius 3 is 2.76 bits per heavy atom. The lowest BCUT2D eigenvalue weighted by molar-refractivity contribution is -0.118. The first-order valence-electron chi connectivity index (χ1n) is 8.68. The van der Waals surface area contributed by atoms with Gasteiger partial charge in [0.2, 0.25) is 5.76 Å². The molecule has 3 aromatic rings. The zero-order valence-corrected chi connectivity index (χ0v) is 15.4. The van der Waals surface area contributed by atoms with Crippen LogP contribution >= 0.6 is 0 Å². The maximum Gasteiger partial charge on any atom is 0.374 e. The Bertz CT molecular complexity index is 1180. The molecule has 3 rings (SSSR count). The topological polar surface area (TPSA) is 119 Å². The molecule has 0 bridgehead atoms.